The van der Waals surface area contributed by atoms with Gasteiger partial charge in [0.25, 0.3) is 5.91 Å². The Labute approximate surface area is 170 Å². The maximum Gasteiger partial charge on any atom is 0.349 e. The van der Waals surface area contributed by atoms with Crippen molar-refractivity contribution in [2.75, 3.05) is 13.7 Å². The number of amides is 1. The van der Waals surface area contributed by atoms with Crippen molar-refractivity contribution in [3.8, 4) is 5.75 Å². The molecule has 4 aromatic rings. The molecular weight excluding hydrogens is 389 g/mol. The van der Waals surface area contributed by atoms with Crippen molar-refractivity contribution in [2.24, 2.45) is 0 Å². The highest BCUT2D eigenvalue weighted by atomic mass is 19.1. The number of fused-ring (bicyclic) bond motifs is 2. The van der Waals surface area contributed by atoms with Gasteiger partial charge in [0.1, 0.15) is 17.2 Å². The van der Waals surface area contributed by atoms with Crippen molar-refractivity contribution in [2.45, 2.75) is 18.9 Å². The third kappa shape index (κ3) is 2.92. The Balaban J connectivity index is 1.53. The first-order valence-electron chi connectivity index (χ1n) is 9.62. The summed E-state index contributed by atoms with van der Waals surface area (Å²) >= 11 is 0. The van der Waals surface area contributed by atoms with E-state index in [-0.39, 0.29) is 17.4 Å². The number of carbonyl (C=O) groups is 1. The minimum Gasteiger partial charge on any atom is -0.493 e. The summed E-state index contributed by atoms with van der Waals surface area (Å²) in [4.78, 5) is 35.1. The van der Waals surface area contributed by atoms with Gasteiger partial charge in [0.2, 0.25) is 0 Å². The van der Waals surface area contributed by atoms with E-state index in [4.69, 9.17) is 9.15 Å². The number of rotatable bonds is 3. The lowest BCUT2D eigenvalue weighted by atomic mass is 10.1. The molecule has 3 heterocycles. The van der Waals surface area contributed by atoms with Gasteiger partial charge in [-0.05, 0) is 43.2 Å². The van der Waals surface area contributed by atoms with Gasteiger partial charge in [0.05, 0.1) is 24.2 Å². The third-order valence-electron chi connectivity index (χ3n) is 5.47. The number of nitrogens with one attached hydrogen (secondary N) is 1. The first-order valence-corrected chi connectivity index (χ1v) is 9.62. The molecule has 0 saturated carbocycles. The molecule has 1 N–H and O–H groups in total. The van der Waals surface area contributed by atoms with Crippen molar-refractivity contribution >= 4 is 27.9 Å². The van der Waals surface area contributed by atoms with Crippen LogP contribution in [0.25, 0.3) is 22.0 Å². The molecule has 7 nitrogen and oxygen atoms in total. The van der Waals surface area contributed by atoms with E-state index >= 15 is 0 Å². The average molecular weight is 407 g/mol. The number of H-pyrrole nitrogens is 1. The maximum atomic E-state index is 13.5. The zero-order valence-electron chi connectivity index (χ0n) is 16.1. The fourth-order valence-corrected chi connectivity index (χ4v) is 4.04. The number of nitrogens with zero attached hydrogens (tertiary/aromatic N) is 2. The second kappa shape index (κ2) is 6.98. The van der Waals surface area contributed by atoms with Crippen LogP contribution in [0.3, 0.4) is 0 Å². The molecule has 0 spiro atoms. The van der Waals surface area contributed by atoms with Crippen molar-refractivity contribution < 1.29 is 18.3 Å². The van der Waals surface area contributed by atoms with E-state index in [1.807, 2.05) is 0 Å². The van der Waals surface area contributed by atoms with E-state index < -0.39 is 11.5 Å². The average Bonchev–Trinajstić information content (AvgIpc) is 3.38. The molecule has 1 amide bonds. The van der Waals surface area contributed by atoms with E-state index in [9.17, 15) is 14.0 Å². The molecule has 1 aliphatic heterocycles. The first kappa shape index (κ1) is 18.4. The summed E-state index contributed by atoms with van der Waals surface area (Å²) in [5.41, 5.74) is 0.752. The molecule has 1 unspecified atom stereocenters. The van der Waals surface area contributed by atoms with Crippen molar-refractivity contribution in [3.05, 3.63) is 70.1 Å². The SMILES string of the molecule is COc1cccc2cc(C(=O)N3CCCC3c3nc4ccc(F)cc4[nH]3)c(=O)oc12. The minimum atomic E-state index is -0.714. The molecule has 2 aromatic carbocycles. The molecule has 30 heavy (non-hydrogen) atoms. The quantitative estimate of drug-likeness (QED) is 0.522. The summed E-state index contributed by atoms with van der Waals surface area (Å²) in [5, 5.41) is 0.604. The Morgan fingerprint density at radius 3 is 3.00 bits per heavy atom. The standard InChI is InChI=1S/C22H18FN3O4/c1-29-18-6-2-4-12-10-14(22(28)30-19(12)18)21(27)26-9-3-5-17(26)20-24-15-8-7-13(23)11-16(15)25-20/h2,4,6-8,10-11,17H,3,5,9H2,1H3,(H,24,25). The topological polar surface area (TPSA) is 88.4 Å². The van der Waals surface area contributed by atoms with Crippen LogP contribution in [0.2, 0.25) is 0 Å². The molecule has 1 fully saturated rings. The summed E-state index contributed by atoms with van der Waals surface area (Å²) in [6.07, 6.45) is 1.47. The third-order valence-corrected chi connectivity index (χ3v) is 5.47. The normalized spacial score (nSPS) is 16.5. The number of benzene rings is 2. The molecular formula is C22H18FN3O4. The number of aromatic nitrogens is 2. The number of halogens is 1. The van der Waals surface area contributed by atoms with Crippen LogP contribution in [0.5, 0.6) is 5.75 Å². The van der Waals surface area contributed by atoms with Gasteiger partial charge in [-0.25, -0.2) is 14.2 Å². The molecule has 152 valence electrons. The summed E-state index contributed by atoms with van der Waals surface area (Å²) < 4.78 is 24.1. The van der Waals surface area contributed by atoms with Crippen LogP contribution in [0, 0.1) is 5.82 Å². The summed E-state index contributed by atoms with van der Waals surface area (Å²) in [6, 6.07) is 10.7. The molecule has 1 atom stereocenters. The van der Waals surface area contributed by atoms with E-state index in [0.29, 0.717) is 46.5 Å². The van der Waals surface area contributed by atoms with Crippen LogP contribution in [-0.2, 0) is 0 Å². The Kier molecular flexibility index (Phi) is 4.27. The van der Waals surface area contributed by atoms with Gasteiger partial charge in [-0.1, -0.05) is 12.1 Å². The Morgan fingerprint density at radius 1 is 1.30 bits per heavy atom. The van der Waals surface area contributed by atoms with Gasteiger partial charge in [-0.3, -0.25) is 4.79 Å². The number of para-hydroxylation sites is 1. The zero-order chi connectivity index (χ0) is 20.8. The smallest absolute Gasteiger partial charge is 0.349 e. The number of ether oxygens (including phenoxy) is 1. The van der Waals surface area contributed by atoms with Crippen LogP contribution in [0.4, 0.5) is 4.39 Å². The largest absolute Gasteiger partial charge is 0.493 e. The van der Waals surface area contributed by atoms with E-state index in [1.165, 1.54) is 25.3 Å². The molecule has 5 rings (SSSR count). The fourth-order valence-electron chi connectivity index (χ4n) is 4.04. The Morgan fingerprint density at radius 2 is 2.17 bits per heavy atom. The predicted octanol–water partition coefficient (Wildman–Crippen LogP) is 3.79. The molecule has 0 aliphatic carbocycles. The monoisotopic (exact) mass is 407 g/mol. The number of imidazole rings is 1. The molecule has 8 heteroatoms. The Bertz CT molecular complexity index is 1340. The van der Waals surface area contributed by atoms with Crippen LogP contribution in [-0.4, -0.2) is 34.4 Å². The maximum absolute atomic E-state index is 13.5. The van der Waals surface area contributed by atoms with Gasteiger partial charge in [0.15, 0.2) is 11.3 Å². The van der Waals surface area contributed by atoms with Crippen molar-refractivity contribution in [3.63, 3.8) is 0 Å². The van der Waals surface area contributed by atoms with Crippen LogP contribution < -0.4 is 10.4 Å². The molecule has 0 bridgehead atoms. The number of carbonyl (C=O) groups excluding carboxylic acids is 1. The number of likely N-dealkylation sites (tertiary alicyclic amines) is 1. The summed E-state index contributed by atoms with van der Waals surface area (Å²) in [5.74, 6) is 0.231. The number of aromatic amines is 1. The van der Waals surface area contributed by atoms with Gasteiger partial charge in [-0.15, -0.1) is 0 Å². The second-order valence-electron chi connectivity index (χ2n) is 7.27. The molecule has 1 aliphatic rings. The minimum absolute atomic E-state index is 0.0372. The number of hydrogen-bond acceptors (Lipinski definition) is 5. The van der Waals surface area contributed by atoms with Gasteiger partial charge in [0, 0.05) is 11.9 Å². The van der Waals surface area contributed by atoms with Gasteiger partial charge in [-0.2, -0.15) is 0 Å². The summed E-state index contributed by atoms with van der Waals surface area (Å²) in [7, 11) is 1.49. The second-order valence-corrected chi connectivity index (χ2v) is 7.27. The van der Waals surface area contributed by atoms with Crippen LogP contribution >= 0.6 is 0 Å². The number of methoxy groups -OCH3 is 1. The molecule has 2 aromatic heterocycles. The van der Waals surface area contributed by atoms with Crippen LogP contribution in [0.15, 0.2) is 51.7 Å². The van der Waals surface area contributed by atoms with E-state index in [2.05, 4.69) is 9.97 Å². The highest BCUT2D eigenvalue weighted by Crippen LogP contribution is 2.33. The lowest BCUT2D eigenvalue weighted by molar-refractivity contribution is 0.0726. The van der Waals surface area contributed by atoms with Gasteiger partial charge >= 0.3 is 5.63 Å². The fraction of sp³-hybridized carbons (Fsp3) is 0.227. The highest BCUT2D eigenvalue weighted by Gasteiger charge is 2.34. The van der Waals surface area contributed by atoms with E-state index in [1.54, 1.807) is 29.2 Å². The van der Waals surface area contributed by atoms with Crippen LogP contribution in [0.1, 0.15) is 35.1 Å². The predicted molar refractivity (Wildman–Crippen MR) is 108 cm³/mol. The lowest BCUT2D eigenvalue weighted by Crippen LogP contribution is -2.34. The zero-order valence-corrected chi connectivity index (χ0v) is 16.1. The molecule has 1 saturated heterocycles. The highest BCUT2D eigenvalue weighted by molar-refractivity contribution is 5.97. The Hall–Kier alpha value is -3.68. The lowest BCUT2D eigenvalue weighted by Gasteiger charge is -2.22. The van der Waals surface area contributed by atoms with Crippen molar-refractivity contribution in [1.29, 1.82) is 0 Å². The molecule has 0 radical (unpaired) electrons. The summed E-state index contributed by atoms with van der Waals surface area (Å²) in [6.45, 7) is 0.491. The van der Waals surface area contributed by atoms with E-state index in [0.717, 1.165) is 6.42 Å². The number of hydrogen-bond donors (Lipinski definition) is 1. The first-order chi connectivity index (χ1) is 14.5. The van der Waals surface area contributed by atoms with Gasteiger partial charge < -0.3 is 19.0 Å². The van der Waals surface area contributed by atoms with Crippen molar-refractivity contribution in [1.82, 2.24) is 14.9 Å².